The van der Waals surface area contributed by atoms with Crippen LogP contribution in [0.1, 0.15) is 31.0 Å². The molecule has 0 atom stereocenters. The number of carbonyl (C=O) groups excluding carboxylic acids is 1. The third kappa shape index (κ3) is 3.03. The van der Waals surface area contributed by atoms with Gasteiger partial charge in [0, 0.05) is 38.4 Å². The van der Waals surface area contributed by atoms with E-state index in [1.54, 1.807) is 4.68 Å². The van der Waals surface area contributed by atoms with Crippen LogP contribution in [0.5, 0.6) is 0 Å². The summed E-state index contributed by atoms with van der Waals surface area (Å²) in [5, 5.41) is 7.23. The van der Waals surface area contributed by atoms with Crippen molar-refractivity contribution in [1.29, 1.82) is 0 Å². The van der Waals surface area contributed by atoms with Crippen molar-refractivity contribution in [2.45, 2.75) is 33.2 Å². The number of aromatic nitrogens is 2. The average molecular weight is 250 g/mol. The topological polar surface area (TPSA) is 50.2 Å². The van der Waals surface area contributed by atoms with Gasteiger partial charge in [0.05, 0.1) is 5.69 Å². The number of carbonyl (C=O) groups is 1. The Morgan fingerprint density at radius 3 is 2.72 bits per heavy atom. The van der Waals surface area contributed by atoms with E-state index in [0.29, 0.717) is 6.54 Å². The molecule has 2 heterocycles. The lowest BCUT2D eigenvalue weighted by molar-refractivity contribution is 0.173. The zero-order chi connectivity index (χ0) is 13.1. The largest absolute Gasteiger partial charge is 0.334 e. The van der Waals surface area contributed by atoms with Gasteiger partial charge in [-0.05, 0) is 25.7 Å². The van der Waals surface area contributed by atoms with E-state index in [2.05, 4.69) is 17.3 Å². The molecule has 1 aliphatic heterocycles. The minimum Gasteiger partial charge on any atom is -0.334 e. The van der Waals surface area contributed by atoms with Crippen LogP contribution in [0.15, 0.2) is 6.20 Å². The lowest BCUT2D eigenvalue weighted by Gasteiger charge is -2.30. The van der Waals surface area contributed by atoms with Gasteiger partial charge in [-0.15, -0.1) is 0 Å². The van der Waals surface area contributed by atoms with Gasteiger partial charge < -0.3 is 10.2 Å². The second-order valence-electron chi connectivity index (χ2n) is 5.24. The van der Waals surface area contributed by atoms with E-state index in [1.807, 2.05) is 25.1 Å². The smallest absolute Gasteiger partial charge is 0.317 e. The Bertz CT molecular complexity index is 419. The fourth-order valence-electron chi connectivity index (χ4n) is 2.32. The highest BCUT2D eigenvalue weighted by atomic mass is 16.2. The van der Waals surface area contributed by atoms with Crippen LogP contribution in [0.3, 0.4) is 0 Å². The molecule has 5 heteroatoms. The zero-order valence-corrected chi connectivity index (χ0v) is 11.4. The molecule has 1 aromatic rings. The molecule has 1 N–H and O–H groups in total. The van der Waals surface area contributed by atoms with E-state index in [1.165, 1.54) is 0 Å². The predicted octanol–water partition coefficient (Wildman–Crippen LogP) is 1.67. The molecule has 0 spiro atoms. The zero-order valence-electron chi connectivity index (χ0n) is 11.4. The summed E-state index contributed by atoms with van der Waals surface area (Å²) in [5.74, 6) is 0.745. The summed E-state index contributed by atoms with van der Waals surface area (Å²) in [7, 11) is 1.89. The molecule has 18 heavy (non-hydrogen) atoms. The number of nitrogens with zero attached hydrogens (tertiary/aromatic N) is 3. The van der Waals surface area contributed by atoms with Crippen molar-refractivity contribution in [3.05, 3.63) is 17.5 Å². The molecule has 0 bridgehead atoms. The van der Waals surface area contributed by atoms with E-state index in [0.717, 1.165) is 43.1 Å². The maximum absolute atomic E-state index is 12.0. The number of likely N-dealkylation sites (tertiary alicyclic amines) is 1. The molecular weight excluding hydrogens is 228 g/mol. The van der Waals surface area contributed by atoms with Crippen molar-refractivity contribution in [1.82, 2.24) is 20.0 Å². The highest BCUT2D eigenvalue weighted by molar-refractivity contribution is 5.74. The van der Waals surface area contributed by atoms with Crippen molar-refractivity contribution in [2.24, 2.45) is 13.0 Å². The lowest BCUT2D eigenvalue weighted by Crippen LogP contribution is -2.43. The number of rotatable bonds is 2. The number of nitrogens with one attached hydrogen (secondary N) is 1. The van der Waals surface area contributed by atoms with Gasteiger partial charge in [0.2, 0.25) is 0 Å². The molecule has 0 aromatic carbocycles. The summed E-state index contributed by atoms with van der Waals surface area (Å²) >= 11 is 0. The first-order valence-corrected chi connectivity index (χ1v) is 6.58. The Morgan fingerprint density at radius 2 is 2.17 bits per heavy atom. The minimum atomic E-state index is 0.0464. The van der Waals surface area contributed by atoms with Gasteiger partial charge in [-0.3, -0.25) is 4.68 Å². The summed E-state index contributed by atoms with van der Waals surface area (Å²) in [6, 6.07) is 0.0464. The van der Waals surface area contributed by atoms with Crippen LogP contribution in [0, 0.1) is 12.8 Å². The first-order chi connectivity index (χ1) is 8.56. The maximum Gasteiger partial charge on any atom is 0.317 e. The fourth-order valence-corrected chi connectivity index (χ4v) is 2.32. The molecule has 0 aliphatic carbocycles. The number of piperidine rings is 1. The number of hydrogen-bond donors (Lipinski definition) is 1. The molecule has 2 amide bonds. The Labute approximate surface area is 108 Å². The van der Waals surface area contributed by atoms with Gasteiger partial charge in [0.1, 0.15) is 0 Å². The molecule has 1 aromatic heterocycles. The maximum atomic E-state index is 12.0. The SMILES string of the molecule is Cc1nn(C)cc1CNC(=O)N1CCC(C)CC1. The second-order valence-corrected chi connectivity index (χ2v) is 5.24. The van der Waals surface area contributed by atoms with Crippen LogP contribution in [-0.2, 0) is 13.6 Å². The molecule has 2 rings (SSSR count). The van der Waals surface area contributed by atoms with Crippen LogP contribution in [0.2, 0.25) is 0 Å². The second kappa shape index (κ2) is 5.42. The lowest BCUT2D eigenvalue weighted by atomic mass is 10.00. The highest BCUT2D eigenvalue weighted by Gasteiger charge is 2.20. The molecule has 5 nitrogen and oxygen atoms in total. The summed E-state index contributed by atoms with van der Waals surface area (Å²) in [6.45, 7) is 6.51. The van der Waals surface area contributed by atoms with E-state index >= 15 is 0 Å². The standard InChI is InChI=1S/C13H22N4O/c1-10-4-6-17(7-5-10)13(18)14-8-12-9-16(3)15-11(12)2/h9-10H,4-8H2,1-3H3,(H,14,18). The Balaban J connectivity index is 1.83. The van der Waals surface area contributed by atoms with Gasteiger partial charge in [-0.1, -0.05) is 6.92 Å². The van der Waals surface area contributed by atoms with Crippen molar-refractivity contribution < 1.29 is 4.79 Å². The monoisotopic (exact) mass is 250 g/mol. The van der Waals surface area contributed by atoms with Gasteiger partial charge in [-0.2, -0.15) is 5.10 Å². The molecule has 1 aliphatic rings. The number of aryl methyl sites for hydroxylation is 2. The third-order valence-electron chi connectivity index (χ3n) is 3.62. The quantitative estimate of drug-likeness (QED) is 0.868. The van der Waals surface area contributed by atoms with Crippen molar-refractivity contribution in [3.63, 3.8) is 0 Å². The summed E-state index contributed by atoms with van der Waals surface area (Å²) in [5.41, 5.74) is 2.06. The van der Waals surface area contributed by atoms with Crippen LogP contribution in [0.25, 0.3) is 0 Å². The molecule has 100 valence electrons. The fraction of sp³-hybridized carbons (Fsp3) is 0.692. The Kier molecular flexibility index (Phi) is 3.89. The summed E-state index contributed by atoms with van der Waals surface area (Å²) in [4.78, 5) is 13.9. The van der Waals surface area contributed by atoms with Crippen LogP contribution < -0.4 is 5.32 Å². The normalized spacial score (nSPS) is 16.9. The molecule has 1 saturated heterocycles. The van der Waals surface area contributed by atoms with Crippen molar-refractivity contribution in [2.75, 3.05) is 13.1 Å². The highest BCUT2D eigenvalue weighted by Crippen LogP contribution is 2.15. The molecule has 0 radical (unpaired) electrons. The van der Waals surface area contributed by atoms with Crippen LogP contribution >= 0.6 is 0 Å². The predicted molar refractivity (Wildman–Crippen MR) is 70.2 cm³/mol. The molecule has 1 fully saturated rings. The molecule has 0 saturated carbocycles. The first kappa shape index (κ1) is 12.9. The van der Waals surface area contributed by atoms with Crippen molar-refractivity contribution >= 4 is 6.03 Å². The minimum absolute atomic E-state index is 0.0464. The Morgan fingerprint density at radius 1 is 1.50 bits per heavy atom. The van der Waals surface area contributed by atoms with Gasteiger partial charge in [0.15, 0.2) is 0 Å². The number of amides is 2. The molecular formula is C13H22N4O. The van der Waals surface area contributed by atoms with E-state index in [9.17, 15) is 4.79 Å². The average Bonchev–Trinajstić information content (AvgIpc) is 2.66. The number of hydrogen-bond acceptors (Lipinski definition) is 2. The van der Waals surface area contributed by atoms with Gasteiger partial charge >= 0.3 is 6.03 Å². The first-order valence-electron chi connectivity index (χ1n) is 6.58. The van der Waals surface area contributed by atoms with E-state index in [4.69, 9.17) is 0 Å². The summed E-state index contributed by atoms with van der Waals surface area (Å²) in [6.07, 6.45) is 4.17. The third-order valence-corrected chi connectivity index (χ3v) is 3.62. The van der Waals surface area contributed by atoms with Gasteiger partial charge in [-0.25, -0.2) is 4.79 Å². The number of urea groups is 1. The summed E-state index contributed by atoms with van der Waals surface area (Å²) < 4.78 is 1.78. The van der Waals surface area contributed by atoms with Crippen molar-refractivity contribution in [3.8, 4) is 0 Å². The molecule has 0 unspecified atom stereocenters. The van der Waals surface area contributed by atoms with Crippen LogP contribution in [-0.4, -0.2) is 33.8 Å². The Hall–Kier alpha value is -1.52. The van der Waals surface area contributed by atoms with Crippen LogP contribution in [0.4, 0.5) is 4.79 Å². The van der Waals surface area contributed by atoms with E-state index in [-0.39, 0.29) is 6.03 Å². The van der Waals surface area contributed by atoms with E-state index < -0.39 is 0 Å². The van der Waals surface area contributed by atoms with Gasteiger partial charge in [0.25, 0.3) is 0 Å².